The van der Waals surface area contributed by atoms with E-state index in [0.29, 0.717) is 5.75 Å². The minimum Gasteiger partial charge on any atom is -0.425 e. The Bertz CT molecular complexity index is 587. The summed E-state index contributed by atoms with van der Waals surface area (Å²) >= 11 is 0. The monoisotopic (exact) mass is 238 g/mol. The summed E-state index contributed by atoms with van der Waals surface area (Å²) in [6.07, 6.45) is 0.961. The van der Waals surface area contributed by atoms with Gasteiger partial charge in [-0.1, -0.05) is 49.4 Å². The molecule has 1 aliphatic heterocycles. The Morgan fingerprint density at radius 2 is 1.89 bits per heavy atom. The van der Waals surface area contributed by atoms with E-state index in [1.165, 1.54) is 5.56 Å². The van der Waals surface area contributed by atoms with Crippen molar-refractivity contribution in [1.82, 2.24) is 0 Å². The van der Waals surface area contributed by atoms with Gasteiger partial charge in [-0.25, -0.2) is 0 Å². The summed E-state index contributed by atoms with van der Waals surface area (Å²) in [7, 11) is 0. The van der Waals surface area contributed by atoms with E-state index in [0.717, 1.165) is 17.5 Å². The fourth-order valence-electron chi connectivity index (χ4n) is 2.39. The molecule has 0 aromatic heterocycles. The molecule has 1 heterocycles. The quantitative estimate of drug-likeness (QED) is 0.592. The zero-order chi connectivity index (χ0) is 12.5. The van der Waals surface area contributed by atoms with Crippen LogP contribution in [0.2, 0.25) is 0 Å². The molecule has 1 aliphatic rings. The van der Waals surface area contributed by atoms with Gasteiger partial charge in [0.2, 0.25) is 0 Å². The van der Waals surface area contributed by atoms with Crippen LogP contribution in [0.4, 0.5) is 0 Å². The van der Waals surface area contributed by atoms with Crippen LogP contribution < -0.4 is 4.74 Å². The van der Waals surface area contributed by atoms with Crippen LogP contribution in [0, 0.1) is 0 Å². The first-order valence-corrected chi connectivity index (χ1v) is 6.19. The van der Waals surface area contributed by atoms with Gasteiger partial charge in [-0.05, 0) is 23.6 Å². The lowest BCUT2D eigenvalue weighted by Gasteiger charge is -2.08. The SMILES string of the molecule is CCc1ccc2c(c1)[C@@H](c1ccccc1)C(=O)O2. The molecule has 0 N–H and O–H groups in total. The summed E-state index contributed by atoms with van der Waals surface area (Å²) in [4.78, 5) is 12.0. The molecule has 0 bridgehead atoms. The van der Waals surface area contributed by atoms with Crippen LogP contribution in [-0.2, 0) is 11.2 Å². The van der Waals surface area contributed by atoms with Crippen LogP contribution in [0.1, 0.15) is 29.5 Å². The van der Waals surface area contributed by atoms with Crippen LogP contribution in [0.25, 0.3) is 0 Å². The highest BCUT2D eigenvalue weighted by molar-refractivity contribution is 5.89. The van der Waals surface area contributed by atoms with E-state index in [4.69, 9.17) is 4.74 Å². The second kappa shape index (κ2) is 4.30. The van der Waals surface area contributed by atoms with E-state index < -0.39 is 0 Å². The molecule has 18 heavy (non-hydrogen) atoms. The maximum absolute atomic E-state index is 12.0. The third kappa shape index (κ3) is 1.70. The number of carbonyl (C=O) groups is 1. The average molecular weight is 238 g/mol. The summed E-state index contributed by atoms with van der Waals surface area (Å²) in [5.41, 5.74) is 3.22. The second-order valence-corrected chi connectivity index (χ2v) is 4.49. The number of fused-ring (bicyclic) bond motifs is 1. The van der Waals surface area contributed by atoms with Crippen LogP contribution in [0.3, 0.4) is 0 Å². The van der Waals surface area contributed by atoms with Gasteiger partial charge >= 0.3 is 5.97 Å². The zero-order valence-electron chi connectivity index (χ0n) is 10.2. The van der Waals surface area contributed by atoms with Crippen molar-refractivity contribution in [2.24, 2.45) is 0 Å². The predicted molar refractivity (Wildman–Crippen MR) is 69.7 cm³/mol. The van der Waals surface area contributed by atoms with Gasteiger partial charge in [-0.3, -0.25) is 4.79 Å². The lowest BCUT2D eigenvalue weighted by molar-refractivity contribution is -0.133. The molecule has 1 atom stereocenters. The zero-order valence-corrected chi connectivity index (χ0v) is 10.2. The third-order valence-electron chi connectivity index (χ3n) is 3.37. The Labute approximate surface area is 106 Å². The van der Waals surface area contributed by atoms with Crippen molar-refractivity contribution >= 4 is 5.97 Å². The second-order valence-electron chi connectivity index (χ2n) is 4.49. The molecule has 0 unspecified atom stereocenters. The molecule has 2 heteroatoms. The van der Waals surface area contributed by atoms with Crippen molar-refractivity contribution in [2.75, 3.05) is 0 Å². The van der Waals surface area contributed by atoms with E-state index in [2.05, 4.69) is 13.0 Å². The lowest BCUT2D eigenvalue weighted by Crippen LogP contribution is -2.11. The standard InChI is InChI=1S/C16H14O2/c1-2-11-8-9-14-13(10-11)15(16(17)18-14)12-6-4-3-5-7-12/h3-10,15H,2H2,1H3/t15-/m1/s1. The summed E-state index contributed by atoms with van der Waals surface area (Å²) in [6.45, 7) is 2.11. The van der Waals surface area contributed by atoms with Gasteiger partial charge in [0.15, 0.2) is 0 Å². The maximum Gasteiger partial charge on any atom is 0.323 e. The number of hydrogen-bond donors (Lipinski definition) is 0. The summed E-state index contributed by atoms with van der Waals surface area (Å²) in [5, 5.41) is 0. The Morgan fingerprint density at radius 1 is 1.11 bits per heavy atom. The number of hydrogen-bond acceptors (Lipinski definition) is 2. The number of ether oxygens (including phenoxy) is 1. The molecular formula is C16H14O2. The normalized spacial score (nSPS) is 17.4. The first kappa shape index (κ1) is 11.0. The molecule has 0 amide bonds. The van der Waals surface area contributed by atoms with E-state index in [9.17, 15) is 4.79 Å². The van der Waals surface area contributed by atoms with Crippen molar-refractivity contribution in [3.8, 4) is 5.75 Å². The Kier molecular flexibility index (Phi) is 2.63. The van der Waals surface area contributed by atoms with Crippen LogP contribution in [0.5, 0.6) is 5.75 Å². The lowest BCUT2D eigenvalue weighted by atomic mass is 9.91. The molecule has 0 saturated heterocycles. The molecule has 0 saturated carbocycles. The van der Waals surface area contributed by atoms with E-state index in [1.807, 2.05) is 42.5 Å². The van der Waals surface area contributed by atoms with Crippen molar-refractivity contribution in [2.45, 2.75) is 19.3 Å². The minimum absolute atomic E-state index is 0.176. The molecular weight excluding hydrogens is 224 g/mol. The van der Waals surface area contributed by atoms with Crippen LogP contribution in [0.15, 0.2) is 48.5 Å². The van der Waals surface area contributed by atoms with Gasteiger partial charge < -0.3 is 4.74 Å². The number of carbonyl (C=O) groups excluding carboxylic acids is 1. The summed E-state index contributed by atoms with van der Waals surface area (Å²) in [5.74, 6) is 0.253. The van der Waals surface area contributed by atoms with Crippen molar-refractivity contribution in [3.63, 3.8) is 0 Å². The van der Waals surface area contributed by atoms with Gasteiger partial charge in [0.25, 0.3) is 0 Å². The van der Waals surface area contributed by atoms with E-state index in [1.54, 1.807) is 0 Å². The molecule has 0 fully saturated rings. The van der Waals surface area contributed by atoms with Crippen LogP contribution >= 0.6 is 0 Å². The van der Waals surface area contributed by atoms with Gasteiger partial charge in [-0.15, -0.1) is 0 Å². The minimum atomic E-state index is -0.271. The molecule has 0 radical (unpaired) electrons. The first-order valence-electron chi connectivity index (χ1n) is 6.19. The first-order chi connectivity index (χ1) is 8.79. The van der Waals surface area contributed by atoms with Gasteiger partial charge in [0.1, 0.15) is 11.7 Å². The predicted octanol–water partition coefficient (Wildman–Crippen LogP) is 3.30. The van der Waals surface area contributed by atoms with Crippen molar-refractivity contribution in [3.05, 3.63) is 65.2 Å². The van der Waals surface area contributed by atoms with Crippen molar-refractivity contribution < 1.29 is 9.53 Å². The Hall–Kier alpha value is -2.09. The largest absolute Gasteiger partial charge is 0.425 e. The molecule has 0 spiro atoms. The summed E-state index contributed by atoms with van der Waals surface area (Å²) < 4.78 is 5.33. The molecule has 90 valence electrons. The summed E-state index contributed by atoms with van der Waals surface area (Å²) in [6, 6.07) is 15.8. The Balaban J connectivity index is 2.11. The number of esters is 1. The smallest absolute Gasteiger partial charge is 0.323 e. The topological polar surface area (TPSA) is 26.3 Å². The average Bonchev–Trinajstić information content (AvgIpc) is 2.74. The highest BCUT2D eigenvalue weighted by atomic mass is 16.5. The van der Waals surface area contributed by atoms with Crippen molar-refractivity contribution in [1.29, 1.82) is 0 Å². The fraction of sp³-hybridized carbons (Fsp3) is 0.188. The maximum atomic E-state index is 12.0. The number of benzene rings is 2. The van der Waals surface area contributed by atoms with Gasteiger partial charge in [-0.2, -0.15) is 0 Å². The third-order valence-corrected chi connectivity index (χ3v) is 3.37. The Morgan fingerprint density at radius 3 is 2.61 bits per heavy atom. The van der Waals surface area contributed by atoms with E-state index >= 15 is 0 Å². The molecule has 2 aromatic carbocycles. The molecule has 2 nitrogen and oxygen atoms in total. The van der Waals surface area contributed by atoms with Gasteiger partial charge in [0, 0.05) is 5.56 Å². The highest BCUT2D eigenvalue weighted by Crippen LogP contribution is 2.39. The molecule has 0 aliphatic carbocycles. The van der Waals surface area contributed by atoms with Crippen LogP contribution in [-0.4, -0.2) is 5.97 Å². The number of rotatable bonds is 2. The molecule has 3 rings (SSSR count). The fourth-order valence-corrected chi connectivity index (χ4v) is 2.39. The van der Waals surface area contributed by atoms with Gasteiger partial charge in [0.05, 0.1) is 0 Å². The molecule has 2 aromatic rings. The number of aryl methyl sites for hydroxylation is 1. The van der Waals surface area contributed by atoms with E-state index in [-0.39, 0.29) is 11.9 Å². The highest BCUT2D eigenvalue weighted by Gasteiger charge is 2.34.